The number of ether oxygens (including phenoxy) is 2. The molecule has 108 valence electrons. The third kappa shape index (κ3) is 5.98. The standard InChI is InChI=1S/C14H21F2NO2/c1-10(2)13(9-18-3)17-8-11-4-6-12(7-5-11)19-14(15)16/h4-7,10,13-14,17H,8-9H2,1-3H3. The monoisotopic (exact) mass is 273 g/mol. The van der Waals surface area contributed by atoms with Gasteiger partial charge in [0.2, 0.25) is 0 Å². The van der Waals surface area contributed by atoms with Gasteiger partial charge in [0.25, 0.3) is 0 Å². The molecule has 19 heavy (non-hydrogen) atoms. The van der Waals surface area contributed by atoms with Crippen LogP contribution in [0.3, 0.4) is 0 Å². The van der Waals surface area contributed by atoms with E-state index >= 15 is 0 Å². The minimum absolute atomic E-state index is 0.177. The Kier molecular flexibility index (Phi) is 6.73. The van der Waals surface area contributed by atoms with E-state index in [1.807, 2.05) is 0 Å². The van der Waals surface area contributed by atoms with Crippen LogP contribution < -0.4 is 10.1 Å². The fourth-order valence-electron chi connectivity index (χ4n) is 1.70. The Morgan fingerprint density at radius 3 is 2.26 bits per heavy atom. The van der Waals surface area contributed by atoms with Gasteiger partial charge in [-0.05, 0) is 23.6 Å². The van der Waals surface area contributed by atoms with Crippen molar-refractivity contribution in [2.24, 2.45) is 5.92 Å². The lowest BCUT2D eigenvalue weighted by molar-refractivity contribution is -0.0498. The topological polar surface area (TPSA) is 30.5 Å². The first-order valence-corrected chi connectivity index (χ1v) is 6.29. The van der Waals surface area contributed by atoms with Gasteiger partial charge >= 0.3 is 6.61 Å². The molecule has 0 aliphatic rings. The Morgan fingerprint density at radius 2 is 1.79 bits per heavy atom. The highest BCUT2D eigenvalue weighted by Gasteiger charge is 2.12. The van der Waals surface area contributed by atoms with Gasteiger partial charge in [0, 0.05) is 19.7 Å². The summed E-state index contributed by atoms with van der Waals surface area (Å²) in [6.45, 7) is 2.77. The average Bonchev–Trinajstić information content (AvgIpc) is 2.35. The van der Waals surface area contributed by atoms with Crippen LogP contribution in [0.25, 0.3) is 0 Å². The van der Waals surface area contributed by atoms with E-state index in [1.54, 1.807) is 31.4 Å². The van der Waals surface area contributed by atoms with Gasteiger partial charge in [-0.15, -0.1) is 0 Å². The molecule has 1 rings (SSSR count). The van der Waals surface area contributed by atoms with Crippen molar-refractivity contribution >= 4 is 0 Å². The first kappa shape index (κ1) is 15.9. The molecule has 3 nitrogen and oxygen atoms in total. The second-order valence-electron chi connectivity index (χ2n) is 4.71. The highest BCUT2D eigenvalue weighted by atomic mass is 19.3. The Hall–Kier alpha value is -1.20. The van der Waals surface area contributed by atoms with Gasteiger partial charge < -0.3 is 14.8 Å². The zero-order valence-corrected chi connectivity index (χ0v) is 11.5. The molecule has 0 aliphatic carbocycles. The van der Waals surface area contributed by atoms with E-state index in [4.69, 9.17) is 4.74 Å². The van der Waals surface area contributed by atoms with Crippen LogP contribution >= 0.6 is 0 Å². The maximum atomic E-state index is 12.0. The molecule has 0 fully saturated rings. The third-order valence-corrected chi connectivity index (χ3v) is 2.87. The average molecular weight is 273 g/mol. The Balaban J connectivity index is 2.48. The van der Waals surface area contributed by atoms with Gasteiger partial charge in [-0.3, -0.25) is 0 Å². The van der Waals surface area contributed by atoms with E-state index in [-0.39, 0.29) is 11.8 Å². The first-order valence-electron chi connectivity index (χ1n) is 6.29. The van der Waals surface area contributed by atoms with Crippen molar-refractivity contribution in [1.29, 1.82) is 0 Å². The predicted octanol–water partition coefficient (Wildman–Crippen LogP) is 3.05. The summed E-state index contributed by atoms with van der Waals surface area (Å²) in [6.07, 6.45) is 0. The van der Waals surface area contributed by atoms with Crippen LogP contribution in [0.15, 0.2) is 24.3 Å². The van der Waals surface area contributed by atoms with Crippen LogP contribution in [-0.4, -0.2) is 26.4 Å². The number of rotatable bonds is 8. The van der Waals surface area contributed by atoms with Crippen molar-refractivity contribution in [3.63, 3.8) is 0 Å². The van der Waals surface area contributed by atoms with Gasteiger partial charge in [-0.25, -0.2) is 0 Å². The number of hydrogen-bond acceptors (Lipinski definition) is 3. The highest BCUT2D eigenvalue weighted by molar-refractivity contribution is 5.27. The van der Waals surface area contributed by atoms with Crippen molar-refractivity contribution in [1.82, 2.24) is 5.32 Å². The van der Waals surface area contributed by atoms with Crippen LogP contribution in [-0.2, 0) is 11.3 Å². The first-order chi connectivity index (χ1) is 9.02. The largest absolute Gasteiger partial charge is 0.435 e. The lowest BCUT2D eigenvalue weighted by Gasteiger charge is -2.21. The number of nitrogens with one attached hydrogen (secondary N) is 1. The van der Waals surface area contributed by atoms with Gasteiger partial charge in [-0.2, -0.15) is 8.78 Å². The predicted molar refractivity (Wildman–Crippen MR) is 70.4 cm³/mol. The lowest BCUT2D eigenvalue weighted by atomic mass is 10.0. The summed E-state index contributed by atoms with van der Waals surface area (Å²) in [6, 6.07) is 6.90. The molecule has 1 atom stereocenters. The molecule has 0 aliphatic heterocycles. The summed E-state index contributed by atoms with van der Waals surface area (Å²) in [5, 5.41) is 3.38. The molecule has 0 saturated carbocycles. The normalized spacial score (nSPS) is 13.0. The Morgan fingerprint density at radius 1 is 1.16 bits per heavy atom. The maximum Gasteiger partial charge on any atom is 0.387 e. The molecule has 0 heterocycles. The third-order valence-electron chi connectivity index (χ3n) is 2.87. The van der Waals surface area contributed by atoms with Crippen LogP contribution in [0.5, 0.6) is 5.75 Å². The number of alkyl halides is 2. The molecular weight excluding hydrogens is 252 g/mol. The smallest absolute Gasteiger partial charge is 0.387 e. The molecule has 0 bridgehead atoms. The summed E-state index contributed by atoms with van der Waals surface area (Å²) >= 11 is 0. The molecule has 0 aromatic heterocycles. The molecule has 1 aromatic rings. The minimum atomic E-state index is -2.78. The van der Waals surface area contributed by atoms with Crippen LogP contribution in [0.2, 0.25) is 0 Å². The summed E-state index contributed by atoms with van der Waals surface area (Å²) in [4.78, 5) is 0. The second kappa shape index (κ2) is 8.07. The number of hydrogen-bond donors (Lipinski definition) is 1. The SMILES string of the molecule is COCC(NCc1ccc(OC(F)F)cc1)C(C)C. The molecule has 0 saturated heterocycles. The summed E-state index contributed by atoms with van der Waals surface area (Å²) in [5.74, 6) is 0.637. The number of halogens is 2. The van der Waals surface area contributed by atoms with E-state index in [0.29, 0.717) is 19.1 Å². The molecule has 0 radical (unpaired) electrons. The zero-order chi connectivity index (χ0) is 14.3. The highest BCUT2D eigenvalue weighted by Crippen LogP contribution is 2.15. The van der Waals surface area contributed by atoms with Crippen molar-refractivity contribution < 1.29 is 18.3 Å². The number of methoxy groups -OCH3 is 1. The molecule has 0 spiro atoms. The molecule has 0 amide bonds. The van der Waals surface area contributed by atoms with Gasteiger partial charge in [0.1, 0.15) is 5.75 Å². The van der Waals surface area contributed by atoms with Crippen molar-refractivity contribution in [3.8, 4) is 5.75 Å². The van der Waals surface area contributed by atoms with Crippen molar-refractivity contribution in [2.45, 2.75) is 33.0 Å². The molecule has 5 heteroatoms. The van der Waals surface area contributed by atoms with E-state index in [1.165, 1.54) is 0 Å². The summed E-state index contributed by atoms with van der Waals surface area (Å²) in [7, 11) is 1.67. The molecule has 1 aromatic carbocycles. The maximum absolute atomic E-state index is 12.0. The molecule has 1 unspecified atom stereocenters. The van der Waals surface area contributed by atoms with Crippen LogP contribution in [0.1, 0.15) is 19.4 Å². The van der Waals surface area contributed by atoms with Crippen LogP contribution in [0.4, 0.5) is 8.78 Å². The quantitative estimate of drug-likeness (QED) is 0.789. The Bertz CT molecular complexity index is 355. The lowest BCUT2D eigenvalue weighted by Crippen LogP contribution is -2.37. The van der Waals surface area contributed by atoms with Crippen molar-refractivity contribution in [3.05, 3.63) is 29.8 Å². The summed E-state index contributed by atoms with van der Waals surface area (Å²) in [5.41, 5.74) is 1.02. The molecule has 1 N–H and O–H groups in total. The van der Waals surface area contributed by atoms with Crippen LogP contribution in [0, 0.1) is 5.92 Å². The van der Waals surface area contributed by atoms with E-state index in [2.05, 4.69) is 23.9 Å². The van der Waals surface area contributed by atoms with E-state index in [9.17, 15) is 8.78 Å². The van der Waals surface area contributed by atoms with Crippen molar-refractivity contribution in [2.75, 3.05) is 13.7 Å². The summed E-state index contributed by atoms with van der Waals surface area (Å²) < 4.78 is 33.4. The van der Waals surface area contributed by atoms with E-state index in [0.717, 1.165) is 5.56 Å². The Labute approximate surface area is 112 Å². The van der Waals surface area contributed by atoms with E-state index < -0.39 is 6.61 Å². The van der Waals surface area contributed by atoms with Gasteiger partial charge in [0.15, 0.2) is 0 Å². The minimum Gasteiger partial charge on any atom is -0.435 e. The zero-order valence-electron chi connectivity index (χ0n) is 11.5. The number of benzene rings is 1. The fraction of sp³-hybridized carbons (Fsp3) is 0.571. The van der Waals surface area contributed by atoms with Gasteiger partial charge in [0.05, 0.1) is 6.61 Å². The molecular formula is C14H21F2NO2. The second-order valence-corrected chi connectivity index (χ2v) is 4.71. The van der Waals surface area contributed by atoms with Gasteiger partial charge in [-0.1, -0.05) is 26.0 Å². The fourth-order valence-corrected chi connectivity index (χ4v) is 1.70.